The summed E-state index contributed by atoms with van der Waals surface area (Å²) in [6, 6.07) is 12.8. The molecule has 0 fully saturated rings. The zero-order chi connectivity index (χ0) is 31.6. The Morgan fingerprint density at radius 1 is 0.864 bits per heavy atom. The molecule has 0 amide bonds. The van der Waals surface area contributed by atoms with Crippen molar-refractivity contribution in [3.8, 4) is 17.2 Å². The van der Waals surface area contributed by atoms with Crippen LogP contribution in [0.25, 0.3) is 0 Å². The second-order valence-electron chi connectivity index (χ2n) is 11.2. The molecule has 0 aliphatic heterocycles. The van der Waals surface area contributed by atoms with E-state index in [0.29, 0.717) is 18.9 Å². The molecule has 0 saturated heterocycles. The van der Waals surface area contributed by atoms with E-state index in [0.717, 1.165) is 23.3 Å². The van der Waals surface area contributed by atoms with E-state index in [1.54, 1.807) is 23.5 Å². The van der Waals surface area contributed by atoms with Gasteiger partial charge in [0.1, 0.15) is 30.0 Å². The Bertz CT molecular complexity index is 1270. The molecule has 1 heterocycles. The maximum absolute atomic E-state index is 12.6. The molecule has 1 N–H and O–H groups in total. The summed E-state index contributed by atoms with van der Waals surface area (Å²) in [5.41, 5.74) is 4.01. The molecule has 0 aliphatic rings. The lowest BCUT2D eigenvalue weighted by Gasteiger charge is -2.20. The normalized spacial score (nSPS) is 13.4. The predicted molar refractivity (Wildman–Crippen MR) is 176 cm³/mol. The number of aryl methyl sites for hydroxylation is 1. The molecule has 0 bridgehead atoms. The maximum atomic E-state index is 12.6. The number of benzene rings is 2. The highest BCUT2D eigenvalue weighted by Gasteiger charge is 2.26. The number of methoxy groups -OCH3 is 1. The number of hydrogen-bond donors (Lipinski definition) is 1. The average molecular weight is 649 g/mol. The summed E-state index contributed by atoms with van der Waals surface area (Å²) in [5, 5.41) is 0. The van der Waals surface area contributed by atoms with Crippen LogP contribution >= 0.6 is 19.2 Å². The first-order valence-corrected chi connectivity index (χ1v) is 18.2. The molecule has 1 aromatic heterocycles. The molecular weight excluding hydrogens is 597 g/mol. The van der Waals surface area contributed by atoms with Crippen LogP contribution in [0.2, 0.25) is 0 Å². The second kappa shape index (κ2) is 19.9. The van der Waals surface area contributed by atoms with Crippen LogP contribution in [0.4, 0.5) is 0 Å². The van der Waals surface area contributed by atoms with E-state index >= 15 is 0 Å². The van der Waals surface area contributed by atoms with Crippen molar-refractivity contribution >= 4 is 19.2 Å². The fourth-order valence-corrected chi connectivity index (χ4v) is 6.21. The number of aromatic nitrogens is 1. The molecule has 2 atom stereocenters. The summed E-state index contributed by atoms with van der Waals surface area (Å²) in [6.45, 7) is 7.62. The van der Waals surface area contributed by atoms with Crippen LogP contribution in [0, 0.1) is 13.8 Å². The first-order valence-electron chi connectivity index (χ1n) is 15.9. The van der Waals surface area contributed by atoms with Crippen molar-refractivity contribution in [2.75, 3.05) is 26.9 Å². The molecule has 10 heteroatoms. The van der Waals surface area contributed by atoms with Crippen LogP contribution in [0.15, 0.2) is 54.2 Å². The van der Waals surface area contributed by atoms with Gasteiger partial charge in [0.05, 0.1) is 18.1 Å². The summed E-state index contributed by atoms with van der Waals surface area (Å²) < 4.78 is 42.7. The van der Waals surface area contributed by atoms with Gasteiger partial charge in [0, 0.05) is 18.2 Å². The number of unbranched alkanes of at least 4 members (excludes halogenated alkanes) is 9. The summed E-state index contributed by atoms with van der Waals surface area (Å²) in [5.74, 6) is 1.72. The van der Waals surface area contributed by atoms with Crippen LogP contribution in [-0.2, 0) is 20.4 Å². The molecule has 0 radical (unpaired) electrons. The van der Waals surface area contributed by atoms with E-state index in [1.807, 2.05) is 37.3 Å². The van der Waals surface area contributed by atoms with Gasteiger partial charge in [-0.1, -0.05) is 82.1 Å². The average Bonchev–Trinajstić information content (AvgIpc) is 3.42. The van der Waals surface area contributed by atoms with Crippen LogP contribution in [-0.4, -0.2) is 37.9 Å². The first-order chi connectivity index (χ1) is 21.3. The Morgan fingerprint density at radius 3 is 2.11 bits per heavy atom. The molecule has 8 nitrogen and oxygen atoms in total. The number of hydrogen-bond acceptors (Lipinski definition) is 7. The summed E-state index contributed by atoms with van der Waals surface area (Å²) >= 11 is 1.68. The van der Waals surface area contributed by atoms with Gasteiger partial charge < -0.3 is 18.7 Å². The van der Waals surface area contributed by atoms with Crippen molar-refractivity contribution in [1.82, 2.24) is 0 Å². The zero-order valence-corrected chi connectivity index (χ0v) is 28.6. The van der Waals surface area contributed by atoms with Crippen molar-refractivity contribution in [2.24, 2.45) is 0 Å². The Hall–Kier alpha value is -2.42. The summed E-state index contributed by atoms with van der Waals surface area (Å²) in [7, 11) is -2.86. The van der Waals surface area contributed by atoms with Crippen molar-refractivity contribution in [3.63, 3.8) is 0 Å². The van der Waals surface area contributed by atoms with Crippen LogP contribution < -0.4 is 18.6 Å². The number of rotatable bonds is 23. The van der Waals surface area contributed by atoms with Gasteiger partial charge >= 0.3 is 7.82 Å². The standard InChI is InChI=1S/C34H50NO7PS/c1-5-6-7-8-9-10-11-12-13-14-22-39-33-16-15-17-34(29(33)3)40-25-32(38-4)26-41-43(36,37)42-31-20-18-30(19-21-31)24-35-23-28(2)44-27-35/h15-21,23,27,32H,5-14,22,24-26H2,1-4H3/p+1. The predicted octanol–water partition coefficient (Wildman–Crippen LogP) is 8.59. The molecule has 0 spiro atoms. The minimum Gasteiger partial charge on any atom is -0.493 e. The van der Waals surface area contributed by atoms with E-state index in [1.165, 1.54) is 69.8 Å². The van der Waals surface area contributed by atoms with Crippen molar-refractivity contribution in [1.29, 1.82) is 0 Å². The van der Waals surface area contributed by atoms with Gasteiger partial charge in [0.25, 0.3) is 0 Å². The number of phosphoric ester groups is 1. The largest absolute Gasteiger partial charge is 0.527 e. The smallest absolute Gasteiger partial charge is 0.493 e. The van der Waals surface area contributed by atoms with Crippen molar-refractivity contribution in [2.45, 2.75) is 97.6 Å². The Balaban J connectivity index is 1.36. The van der Waals surface area contributed by atoms with Crippen LogP contribution in [0.3, 0.4) is 0 Å². The third-order valence-corrected chi connectivity index (χ3v) is 9.17. The van der Waals surface area contributed by atoms with Gasteiger partial charge in [0.15, 0.2) is 12.7 Å². The molecule has 0 saturated carbocycles. The molecule has 2 aromatic carbocycles. The first kappa shape index (κ1) is 36.1. The molecule has 2 unspecified atom stereocenters. The number of ether oxygens (including phenoxy) is 3. The SMILES string of the molecule is CCCCCCCCCCCCOc1cccc(OCC(COP(=O)(O)Oc2ccc(C[n+]3csc(C)c3)cc2)OC)c1C. The lowest BCUT2D eigenvalue weighted by atomic mass is 10.1. The Labute approximate surface area is 267 Å². The van der Waals surface area contributed by atoms with Gasteiger partial charge in [-0.3, -0.25) is 9.42 Å². The Morgan fingerprint density at radius 2 is 1.50 bits per heavy atom. The quantitative estimate of drug-likeness (QED) is 0.0626. The highest BCUT2D eigenvalue weighted by atomic mass is 32.1. The van der Waals surface area contributed by atoms with Gasteiger partial charge in [-0.15, -0.1) is 0 Å². The molecule has 3 aromatic rings. The molecule has 44 heavy (non-hydrogen) atoms. The highest BCUT2D eigenvalue weighted by molar-refractivity contribution is 7.47. The van der Waals surface area contributed by atoms with E-state index in [2.05, 4.69) is 30.1 Å². The molecule has 3 rings (SSSR count). The lowest BCUT2D eigenvalue weighted by molar-refractivity contribution is -0.683. The van der Waals surface area contributed by atoms with E-state index in [-0.39, 0.29) is 19.0 Å². The summed E-state index contributed by atoms with van der Waals surface area (Å²) in [4.78, 5) is 11.5. The zero-order valence-electron chi connectivity index (χ0n) is 26.9. The molecule has 244 valence electrons. The lowest BCUT2D eigenvalue weighted by Crippen LogP contribution is -2.30. The monoisotopic (exact) mass is 648 g/mol. The van der Waals surface area contributed by atoms with Gasteiger partial charge in [-0.25, -0.2) is 4.57 Å². The fourth-order valence-electron chi connectivity index (χ4n) is 4.78. The molecule has 0 aliphatic carbocycles. The third kappa shape index (κ3) is 13.7. The van der Waals surface area contributed by atoms with Gasteiger partial charge in [-0.2, -0.15) is 4.57 Å². The molecular formula is C34H51NO7PS+. The highest BCUT2D eigenvalue weighted by Crippen LogP contribution is 2.44. The van der Waals surface area contributed by atoms with Gasteiger partial charge in [0.2, 0.25) is 5.51 Å². The number of phosphoric acid groups is 1. The maximum Gasteiger partial charge on any atom is 0.527 e. The Kier molecular flexibility index (Phi) is 16.3. The van der Waals surface area contributed by atoms with E-state index < -0.39 is 13.9 Å². The van der Waals surface area contributed by atoms with Gasteiger partial charge in [-0.05, 0) is 56.7 Å². The summed E-state index contributed by atoms with van der Waals surface area (Å²) in [6.07, 6.45) is 14.4. The number of nitrogens with zero attached hydrogens (tertiary/aromatic N) is 1. The fraction of sp³-hybridized carbons (Fsp3) is 0.559. The van der Waals surface area contributed by atoms with E-state index in [4.69, 9.17) is 23.3 Å². The topological polar surface area (TPSA) is 87.3 Å². The third-order valence-electron chi connectivity index (χ3n) is 7.40. The minimum absolute atomic E-state index is 0.133. The van der Waals surface area contributed by atoms with E-state index in [9.17, 15) is 9.46 Å². The van der Waals surface area contributed by atoms with Crippen LogP contribution in [0.5, 0.6) is 17.2 Å². The second-order valence-corrected chi connectivity index (χ2v) is 13.7. The van der Waals surface area contributed by atoms with Crippen LogP contribution in [0.1, 0.15) is 87.1 Å². The van der Waals surface area contributed by atoms with Crippen molar-refractivity contribution < 1.29 is 37.3 Å². The van der Waals surface area contributed by atoms with Crippen molar-refractivity contribution in [3.05, 3.63) is 70.2 Å². The minimum atomic E-state index is -4.36. The number of thiazole rings is 1.